The van der Waals surface area contributed by atoms with E-state index in [1.54, 1.807) is 0 Å². The zero-order valence-electron chi connectivity index (χ0n) is 9.82. The summed E-state index contributed by atoms with van der Waals surface area (Å²) in [7, 11) is 0. The molecule has 1 aliphatic rings. The molecule has 1 aliphatic heterocycles. The van der Waals surface area contributed by atoms with Crippen molar-refractivity contribution in [3.63, 3.8) is 0 Å². The van der Waals surface area contributed by atoms with Gasteiger partial charge in [-0.2, -0.15) is 13.2 Å². The highest BCUT2D eigenvalue weighted by Crippen LogP contribution is 2.22. The predicted octanol–water partition coefficient (Wildman–Crippen LogP) is 2.26. The molecule has 1 unspecified atom stereocenters. The number of alkyl halides is 3. The van der Waals surface area contributed by atoms with Gasteiger partial charge in [-0.1, -0.05) is 6.92 Å². The number of nitrogens with one attached hydrogen (secondary N) is 1. The number of hydrogen-bond donors (Lipinski definition) is 1. The minimum atomic E-state index is -3.99. The maximum Gasteiger partial charge on any atom is 0.389 e. The van der Waals surface area contributed by atoms with E-state index in [0.717, 1.165) is 32.7 Å². The molecule has 0 aromatic rings. The molecule has 0 aliphatic carbocycles. The average molecular weight is 238 g/mol. The summed E-state index contributed by atoms with van der Waals surface area (Å²) < 4.78 is 35.8. The molecule has 1 N–H and O–H groups in total. The Labute approximate surface area is 95.2 Å². The van der Waals surface area contributed by atoms with E-state index in [-0.39, 0.29) is 6.42 Å². The van der Waals surface area contributed by atoms with E-state index in [2.05, 4.69) is 17.1 Å². The van der Waals surface area contributed by atoms with Gasteiger partial charge in [0.15, 0.2) is 0 Å². The average Bonchev–Trinajstić information content (AvgIpc) is 2.36. The summed E-state index contributed by atoms with van der Waals surface area (Å²) in [5.74, 6) is 0.588. The molecule has 0 radical (unpaired) electrons. The van der Waals surface area contributed by atoms with Crippen molar-refractivity contribution in [2.45, 2.75) is 32.4 Å². The Bertz CT molecular complexity index is 194. The third-order valence-electron chi connectivity index (χ3n) is 2.85. The van der Waals surface area contributed by atoms with Crippen molar-refractivity contribution >= 4 is 0 Å². The van der Waals surface area contributed by atoms with Crippen LogP contribution in [0.15, 0.2) is 0 Å². The Morgan fingerprint density at radius 3 is 2.75 bits per heavy atom. The SMILES string of the molecule is CC1CNCCN(CCCCC(F)(F)F)C1. The molecule has 1 atom stereocenters. The fraction of sp³-hybridized carbons (Fsp3) is 1.00. The van der Waals surface area contributed by atoms with Crippen LogP contribution in [0, 0.1) is 5.92 Å². The zero-order chi connectivity index (χ0) is 12.0. The lowest BCUT2D eigenvalue weighted by Crippen LogP contribution is -2.30. The second-order valence-corrected chi connectivity index (χ2v) is 4.68. The molecule has 2 nitrogen and oxygen atoms in total. The first-order chi connectivity index (χ1) is 7.47. The second-order valence-electron chi connectivity index (χ2n) is 4.68. The maximum atomic E-state index is 11.9. The van der Waals surface area contributed by atoms with Crippen LogP contribution in [0.2, 0.25) is 0 Å². The van der Waals surface area contributed by atoms with Gasteiger partial charge in [-0.15, -0.1) is 0 Å². The normalized spacial score (nSPS) is 24.4. The first-order valence-corrected chi connectivity index (χ1v) is 5.97. The molecule has 1 heterocycles. The van der Waals surface area contributed by atoms with Gasteiger partial charge >= 0.3 is 6.18 Å². The van der Waals surface area contributed by atoms with Gasteiger partial charge in [-0.25, -0.2) is 0 Å². The molecule has 1 saturated heterocycles. The van der Waals surface area contributed by atoms with Crippen LogP contribution in [-0.2, 0) is 0 Å². The second kappa shape index (κ2) is 6.45. The lowest BCUT2D eigenvalue weighted by molar-refractivity contribution is -0.135. The first-order valence-electron chi connectivity index (χ1n) is 5.97. The molecule has 0 bridgehead atoms. The number of nitrogens with zero attached hydrogens (tertiary/aromatic N) is 1. The molecule has 0 amide bonds. The molecule has 16 heavy (non-hydrogen) atoms. The first kappa shape index (κ1) is 13.8. The summed E-state index contributed by atoms with van der Waals surface area (Å²) in [5, 5.41) is 3.32. The van der Waals surface area contributed by atoms with E-state index in [1.165, 1.54) is 0 Å². The quantitative estimate of drug-likeness (QED) is 0.756. The standard InChI is InChI=1S/C11H21F3N2/c1-10-8-15-5-7-16(9-10)6-3-2-4-11(12,13)14/h10,15H,2-9H2,1H3. The van der Waals surface area contributed by atoms with Crippen LogP contribution in [0.5, 0.6) is 0 Å². The van der Waals surface area contributed by atoms with E-state index in [1.807, 2.05) is 0 Å². The number of unbranched alkanes of at least 4 members (excludes halogenated alkanes) is 1. The minimum Gasteiger partial charge on any atom is -0.315 e. The van der Waals surface area contributed by atoms with Crippen molar-refractivity contribution in [3.05, 3.63) is 0 Å². The van der Waals surface area contributed by atoms with Gasteiger partial charge < -0.3 is 10.2 Å². The summed E-state index contributed by atoms with van der Waals surface area (Å²) >= 11 is 0. The van der Waals surface area contributed by atoms with Crippen LogP contribution in [0.25, 0.3) is 0 Å². The van der Waals surface area contributed by atoms with Gasteiger partial charge in [-0.3, -0.25) is 0 Å². The highest BCUT2D eigenvalue weighted by Gasteiger charge is 2.26. The lowest BCUT2D eigenvalue weighted by Gasteiger charge is -2.21. The molecule has 1 fully saturated rings. The van der Waals surface area contributed by atoms with E-state index in [9.17, 15) is 13.2 Å². The van der Waals surface area contributed by atoms with Crippen molar-refractivity contribution in [1.29, 1.82) is 0 Å². The van der Waals surface area contributed by atoms with Crippen molar-refractivity contribution in [3.8, 4) is 0 Å². The Morgan fingerprint density at radius 2 is 2.06 bits per heavy atom. The predicted molar refractivity (Wildman–Crippen MR) is 58.4 cm³/mol. The molecular weight excluding hydrogens is 217 g/mol. The van der Waals surface area contributed by atoms with E-state index < -0.39 is 12.6 Å². The van der Waals surface area contributed by atoms with Crippen molar-refractivity contribution in [1.82, 2.24) is 10.2 Å². The summed E-state index contributed by atoms with van der Waals surface area (Å²) in [5.41, 5.74) is 0. The Hall–Kier alpha value is -0.290. The summed E-state index contributed by atoms with van der Waals surface area (Å²) in [4.78, 5) is 2.26. The Balaban J connectivity index is 2.11. The van der Waals surface area contributed by atoms with Crippen LogP contribution >= 0.6 is 0 Å². The zero-order valence-corrected chi connectivity index (χ0v) is 9.82. The van der Waals surface area contributed by atoms with Crippen LogP contribution in [0.4, 0.5) is 13.2 Å². The molecule has 0 saturated carbocycles. The number of hydrogen-bond acceptors (Lipinski definition) is 2. The topological polar surface area (TPSA) is 15.3 Å². The molecule has 0 aromatic heterocycles. The van der Waals surface area contributed by atoms with E-state index in [4.69, 9.17) is 0 Å². The van der Waals surface area contributed by atoms with Gasteiger partial charge in [0.25, 0.3) is 0 Å². The lowest BCUT2D eigenvalue weighted by atomic mass is 10.1. The van der Waals surface area contributed by atoms with E-state index in [0.29, 0.717) is 12.3 Å². The van der Waals surface area contributed by atoms with Crippen LogP contribution in [0.3, 0.4) is 0 Å². The van der Waals surface area contributed by atoms with E-state index >= 15 is 0 Å². The fourth-order valence-corrected chi connectivity index (χ4v) is 2.05. The molecule has 1 rings (SSSR count). The van der Waals surface area contributed by atoms with Gasteiger partial charge in [0.2, 0.25) is 0 Å². The highest BCUT2D eigenvalue weighted by atomic mass is 19.4. The summed E-state index contributed by atoms with van der Waals surface area (Å²) in [6.45, 7) is 6.88. The monoisotopic (exact) mass is 238 g/mol. The van der Waals surface area contributed by atoms with Gasteiger partial charge in [-0.05, 0) is 31.8 Å². The molecule has 96 valence electrons. The molecule has 0 spiro atoms. The molecular formula is C11H21F3N2. The summed E-state index contributed by atoms with van der Waals surface area (Å²) in [6, 6.07) is 0. The molecule has 0 aromatic carbocycles. The smallest absolute Gasteiger partial charge is 0.315 e. The molecule has 5 heteroatoms. The van der Waals surface area contributed by atoms with Crippen molar-refractivity contribution < 1.29 is 13.2 Å². The van der Waals surface area contributed by atoms with Crippen molar-refractivity contribution in [2.24, 2.45) is 5.92 Å². The van der Waals surface area contributed by atoms with Gasteiger partial charge in [0.1, 0.15) is 0 Å². The van der Waals surface area contributed by atoms with Crippen LogP contribution in [0.1, 0.15) is 26.2 Å². The van der Waals surface area contributed by atoms with Crippen LogP contribution < -0.4 is 5.32 Å². The van der Waals surface area contributed by atoms with Crippen molar-refractivity contribution in [2.75, 3.05) is 32.7 Å². The minimum absolute atomic E-state index is 0.252. The summed E-state index contributed by atoms with van der Waals surface area (Å²) in [6.07, 6.45) is -3.74. The Morgan fingerprint density at radius 1 is 1.31 bits per heavy atom. The van der Waals surface area contributed by atoms with Crippen LogP contribution in [-0.4, -0.2) is 43.8 Å². The largest absolute Gasteiger partial charge is 0.389 e. The van der Waals surface area contributed by atoms with Gasteiger partial charge in [0.05, 0.1) is 0 Å². The Kier molecular flexibility index (Phi) is 5.55. The highest BCUT2D eigenvalue weighted by molar-refractivity contribution is 4.70. The fourth-order valence-electron chi connectivity index (χ4n) is 2.05. The van der Waals surface area contributed by atoms with Gasteiger partial charge in [0, 0.05) is 26.1 Å². The number of halogens is 3. The number of rotatable bonds is 4. The third kappa shape index (κ3) is 6.33. The maximum absolute atomic E-state index is 11.9. The third-order valence-corrected chi connectivity index (χ3v) is 2.85.